The SMILES string of the molecule is O=C(O)c1coc(CNc2ccc(F)c(F)c2F)c1. The Bertz CT molecular complexity index is 625. The number of benzene rings is 1. The predicted molar refractivity (Wildman–Crippen MR) is 59.3 cm³/mol. The molecule has 0 aliphatic heterocycles. The Balaban J connectivity index is 2.10. The monoisotopic (exact) mass is 271 g/mol. The summed E-state index contributed by atoms with van der Waals surface area (Å²) < 4.78 is 43.8. The fourth-order valence-corrected chi connectivity index (χ4v) is 1.43. The van der Waals surface area contributed by atoms with Crippen LogP contribution in [0.1, 0.15) is 16.1 Å². The predicted octanol–water partition coefficient (Wildman–Crippen LogP) is 3.01. The van der Waals surface area contributed by atoms with Crippen LogP contribution in [0.15, 0.2) is 28.9 Å². The lowest BCUT2D eigenvalue weighted by Crippen LogP contribution is -2.03. The molecule has 1 heterocycles. The van der Waals surface area contributed by atoms with Gasteiger partial charge in [-0.15, -0.1) is 0 Å². The highest BCUT2D eigenvalue weighted by atomic mass is 19.2. The van der Waals surface area contributed by atoms with Gasteiger partial charge >= 0.3 is 5.97 Å². The summed E-state index contributed by atoms with van der Waals surface area (Å²) in [5.41, 5.74) is -0.297. The first-order chi connectivity index (χ1) is 8.99. The maximum Gasteiger partial charge on any atom is 0.338 e. The number of aromatic carboxylic acids is 1. The van der Waals surface area contributed by atoms with Gasteiger partial charge in [0.1, 0.15) is 12.0 Å². The van der Waals surface area contributed by atoms with Crippen molar-refractivity contribution < 1.29 is 27.5 Å². The largest absolute Gasteiger partial charge is 0.478 e. The summed E-state index contributed by atoms with van der Waals surface area (Å²) in [7, 11) is 0. The minimum absolute atomic E-state index is 0.0532. The molecule has 0 atom stereocenters. The van der Waals surface area contributed by atoms with Crippen LogP contribution in [0.2, 0.25) is 0 Å². The molecule has 2 N–H and O–H groups in total. The van der Waals surface area contributed by atoms with Crippen molar-refractivity contribution in [2.75, 3.05) is 5.32 Å². The van der Waals surface area contributed by atoms with Gasteiger partial charge in [0.25, 0.3) is 0 Å². The van der Waals surface area contributed by atoms with Gasteiger partial charge in [0.2, 0.25) is 0 Å². The van der Waals surface area contributed by atoms with E-state index >= 15 is 0 Å². The van der Waals surface area contributed by atoms with Crippen molar-refractivity contribution in [3.63, 3.8) is 0 Å². The molecule has 4 nitrogen and oxygen atoms in total. The molecule has 0 aliphatic carbocycles. The smallest absolute Gasteiger partial charge is 0.338 e. The van der Waals surface area contributed by atoms with E-state index in [1.165, 1.54) is 6.07 Å². The number of halogens is 3. The molecule has 19 heavy (non-hydrogen) atoms. The second-order valence-electron chi connectivity index (χ2n) is 3.68. The maximum atomic E-state index is 13.3. The van der Waals surface area contributed by atoms with Crippen LogP contribution in [0.4, 0.5) is 18.9 Å². The third kappa shape index (κ3) is 2.70. The fraction of sp³-hybridized carbons (Fsp3) is 0.0833. The van der Waals surface area contributed by atoms with Crippen LogP contribution in [0.25, 0.3) is 0 Å². The summed E-state index contributed by atoms with van der Waals surface area (Å²) in [6.07, 6.45) is 1.03. The number of furan rings is 1. The summed E-state index contributed by atoms with van der Waals surface area (Å²) in [4.78, 5) is 10.6. The van der Waals surface area contributed by atoms with Crippen LogP contribution in [-0.4, -0.2) is 11.1 Å². The molecular formula is C12H8F3NO3. The summed E-state index contributed by atoms with van der Waals surface area (Å²) in [6.45, 7) is -0.0602. The van der Waals surface area contributed by atoms with Gasteiger partial charge in [0, 0.05) is 0 Å². The van der Waals surface area contributed by atoms with E-state index in [0.717, 1.165) is 18.4 Å². The number of carbonyl (C=O) groups is 1. The van der Waals surface area contributed by atoms with Crippen LogP contribution < -0.4 is 5.32 Å². The third-order valence-corrected chi connectivity index (χ3v) is 2.39. The van der Waals surface area contributed by atoms with Crippen molar-refractivity contribution in [2.45, 2.75) is 6.54 Å². The van der Waals surface area contributed by atoms with Gasteiger partial charge in [-0.1, -0.05) is 0 Å². The van der Waals surface area contributed by atoms with E-state index in [4.69, 9.17) is 9.52 Å². The summed E-state index contributed by atoms with van der Waals surface area (Å²) in [5, 5.41) is 11.1. The van der Waals surface area contributed by atoms with Crippen LogP contribution >= 0.6 is 0 Å². The number of rotatable bonds is 4. The molecule has 0 aliphatic rings. The van der Waals surface area contributed by atoms with E-state index < -0.39 is 23.4 Å². The molecule has 2 aromatic rings. The van der Waals surface area contributed by atoms with E-state index in [1.807, 2.05) is 0 Å². The van der Waals surface area contributed by atoms with Crippen LogP contribution in [0.3, 0.4) is 0 Å². The van der Waals surface area contributed by atoms with Gasteiger partial charge in [-0.2, -0.15) is 0 Å². The number of carboxylic acids is 1. The molecule has 0 saturated carbocycles. The third-order valence-electron chi connectivity index (χ3n) is 2.39. The molecule has 100 valence electrons. The van der Waals surface area contributed by atoms with E-state index in [0.29, 0.717) is 0 Å². The van der Waals surface area contributed by atoms with Gasteiger partial charge in [-0.05, 0) is 18.2 Å². The number of carboxylic acid groups (broad SMARTS) is 1. The van der Waals surface area contributed by atoms with Gasteiger partial charge in [-0.25, -0.2) is 18.0 Å². The van der Waals surface area contributed by atoms with Crippen molar-refractivity contribution >= 4 is 11.7 Å². The van der Waals surface area contributed by atoms with Crippen molar-refractivity contribution in [3.05, 3.63) is 53.2 Å². The molecule has 0 bridgehead atoms. The number of hydrogen-bond donors (Lipinski definition) is 2. The molecule has 2 rings (SSSR count). The fourth-order valence-electron chi connectivity index (χ4n) is 1.43. The number of hydrogen-bond acceptors (Lipinski definition) is 3. The minimum atomic E-state index is -1.57. The highest BCUT2D eigenvalue weighted by Crippen LogP contribution is 2.20. The first-order valence-corrected chi connectivity index (χ1v) is 5.17. The number of anilines is 1. The molecule has 7 heteroatoms. The zero-order valence-corrected chi connectivity index (χ0v) is 9.41. The molecule has 0 fully saturated rings. The molecule has 0 radical (unpaired) electrons. The zero-order valence-electron chi connectivity index (χ0n) is 9.41. The van der Waals surface area contributed by atoms with Crippen LogP contribution in [0.5, 0.6) is 0 Å². The second-order valence-corrected chi connectivity index (χ2v) is 3.68. The first kappa shape index (κ1) is 13.0. The Morgan fingerprint density at radius 1 is 1.26 bits per heavy atom. The molecule has 0 saturated heterocycles. The lowest BCUT2D eigenvalue weighted by molar-refractivity contribution is 0.0696. The normalized spacial score (nSPS) is 10.5. The van der Waals surface area contributed by atoms with Crippen molar-refractivity contribution in [1.29, 1.82) is 0 Å². The van der Waals surface area contributed by atoms with Crippen LogP contribution in [-0.2, 0) is 6.54 Å². The van der Waals surface area contributed by atoms with E-state index in [1.54, 1.807) is 0 Å². The van der Waals surface area contributed by atoms with E-state index in [2.05, 4.69) is 5.32 Å². The number of nitrogens with one attached hydrogen (secondary N) is 1. The highest BCUT2D eigenvalue weighted by molar-refractivity contribution is 5.87. The van der Waals surface area contributed by atoms with Gasteiger partial charge in [0.15, 0.2) is 17.5 Å². The van der Waals surface area contributed by atoms with Crippen molar-refractivity contribution in [2.24, 2.45) is 0 Å². The summed E-state index contributed by atoms with van der Waals surface area (Å²) in [5.74, 6) is -5.13. The molecular weight excluding hydrogens is 263 g/mol. The Morgan fingerprint density at radius 2 is 2.00 bits per heavy atom. The van der Waals surface area contributed by atoms with Gasteiger partial charge in [-0.3, -0.25) is 0 Å². The summed E-state index contributed by atoms with van der Waals surface area (Å²) in [6, 6.07) is 3.06. The van der Waals surface area contributed by atoms with Gasteiger partial charge < -0.3 is 14.8 Å². The Morgan fingerprint density at radius 3 is 2.63 bits per heavy atom. The molecule has 0 unspecified atom stereocenters. The molecule has 1 aromatic heterocycles. The topological polar surface area (TPSA) is 62.5 Å². The lowest BCUT2D eigenvalue weighted by Gasteiger charge is -2.06. The summed E-state index contributed by atoms with van der Waals surface area (Å²) >= 11 is 0. The van der Waals surface area contributed by atoms with Gasteiger partial charge in [0.05, 0.1) is 17.8 Å². The van der Waals surface area contributed by atoms with Crippen LogP contribution in [0, 0.1) is 17.5 Å². The zero-order chi connectivity index (χ0) is 14.0. The highest BCUT2D eigenvalue weighted by Gasteiger charge is 2.14. The van der Waals surface area contributed by atoms with Crippen molar-refractivity contribution in [3.8, 4) is 0 Å². The maximum absolute atomic E-state index is 13.3. The quantitative estimate of drug-likeness (QED) is 0.839. The second kappa shape index (κ2) is 5.05. The average molecular weight is 271 g/mol. The molecule has 0 spiro atoms. The molecule has 1 aromatic carbocycles. The Labute approximate surface area is 105 Å². The molecule has 0 amide bonds. The van der Waals surface area contributed by atoms with E-state index in [-0.39, 0.29) is 23.6 Å². The Hall–Kier alpha value is -2.44. The first-order valence-electron chi connectivity index (χ1n) is 5.17. The average Bonchev–Trinajstić information content (AvgIpc) is 2.84. The Kier molecular flexibility index (Phi) is 3.46. The standard InChI is InChI=1S/C12H8F3NO3/c13-8-1-2-9(11(15)10(8)14)16-4-7-3-6(5-19-7)12(17)18/h1-3,5,16H,4H2,(H,17,18). The van der Waals surface area contributed by atoms with E-state index in [9.17, 15) is 18.0 Å². The lowest BCUT2D eigenvalue weighted by atomic mass is 10.2. The van der Waals surface area contributed by atoms with Crippen molar-refractivity contribution in [1.82, 2.24) is 0 Å². The minimum Gasteiger partial charge on any atom is -0.478 e.